The van der Waals surface area contributed by atoms with Gasteiger partial charge in [-0.05, 0) is 37.7 Å². The molecule has 4 nitrogen and oxygen atoms in total. The molecule has 0 spiro atoms. The molecule has 4 heteroatoms. The van der Waals surface area contributed by atoms with Crippen molar-refractivity contribution in [3.8, 4) is 5.69 Å². The fourth-order valence-corrected chi connectivity index (χ4v) is 2.38. The van der Waals surface area contributed by atoms with Crippen LogP contribution in [0.3, 0.4) is 0 Å². The standard InChI is InChI=1S/C17H18N4/c1-13-8-9-14(10-19-13)17(18-2)15-11-20-21(12-15)16-6-4-3-5-7-16/h3-12,17-18H,1-2H3. The summed E-state index contributed by atoms with van der Waals surface area (Å²) in [6.45, 7) is 1.99. The molecule has 0 radical (unpaired) electrons. The topological polar surface area (TPSA) is 42.7 Å². The van der Waals surface area contributed by atoms with Crippen LogP contribution in [0, 0.1) is 6.92 Å². The molecular weight excluding hydrogens is 260 g/mol. The van der Waals surface area contributed by atoms with E-state index in [1.165, 1.54) is 0 Å². The normalized spacial score (nSPS) is 12.3. The van der Waals surface area contributed by atoms with Crippen molar-refractivity contribution < 1.29 is 0 Å². The Bertz CT molecular complexity index is 701. The number of nitrogens with one attached hydrogen (secondary N) is 1. The summed E-state index contributed by atoms with van der Waals surface area (Å²) < 4.78 is 1.89. The zero-order valence-electron chi connectivity index (χ0n) is 12.2. The molecule has 1 atom stereocenters. The van der Waals surface area contributed by atoms with Gasteiger partial charge in [-0.25, -0.2) is 4.68 Å². The number of aryl methyl sites for hydroxylation is 1. The van der Waals surface area contributed by atoms with Gasteiger partial charge in [0, 0.05) is 23.7 Å². The lowest BCUT2D eigenvalue weighted by atomic mass is 10.0. The summed E-state index contributed by atoms with van der Waals surface area (Å²) in [6.07, 6.45) is 5.86. The van der Waals surface area contributed by atoms with Crippen LogP contribution in [-0.2, 0) is 0 Å². The summed E-state index contributed by atoms with van der Waals surface area (Å²) in [5.41, 5.74) is 4.33. The Kier molecular flexibility index (Phi) is 3.79. The third-order valence-corrected chi connectivity index (χ3v) is 3.51. The second-order valence-electron chi connectivity index (χ2n) is 5.01. The molecule has 1 aromatic carbocycles. The SMILES string of the molecule is CNC(c1ccc(C)nc1)c1cnn(-c2ccccc2)c1. The summed E-state index contributed by atoms with van der Waals surface area (Å²) in [5.74, 6) is 0. The first kappa shape index (κ1) is 13.5. The lowest BCUT2D eigenvalue weighted by molar-refractivity contribution is 0.688. The van der Waals surface area contributed by atoms with Crippen molar-refractivity contribution in [2.45, 2.75) is 13.0 Å². The van der Waals surface area contributed by atoms with E-state index in [2.05, 4.69) is 27.7 Å². The molecule has 3 aromatic rings. The van der Waals surface area contributed by atoms with Crippen LogP contribution in [-0.4, -0.2) is 21.8 Å². The summed E-state index contributed by atoms with van der Waals surface area (Å²) in [6, 6.07) is 14.3. The van der Waals surface area contributed by atoms with Gasteiger partial charge < -0.3 is 5.32 Å². The zero-order valence-corrected chi connectivity index (χ0v) is 12.2. The first-order valence-electron chi connectivity index (χ1n) is 6.98. The minimum atomic E-state index is 0.0931. The maximum Gasteiger partial charge on any atom is 0.0645 e. The zero-order chi connectivity index (χ0) is 14.7. The van der Waals surface area contributed by atoms with Crippen LogP contribution < -0.4 is 5.32 Å². The van der Waals surface area contributed by atoms with Crippen molar-refractivity contribution in [3.63, 3.8) is 0 Å². The molecule has 2 aromatic heterocycles. The largest absolute Gasteiger partial charge is 0.309 e. The molecule has 21 heavy (non-hydrogen) atoms. The Balaban J connectivity index is 1.92. The number of benzene rings is 1. The third-order valence-electron chi connectivity index (χ3n) is 3.51. The molecule has 1 N–H and O–H groups in total. The van der Waals surface area contributed by atoms with Gasteiger partial charge in [0.15, 0.2) is 0 Å². The van der Waals surface area contributed by atoms with Gasteiger partial charge in [0.25, 0.3) is 0 Å². The number of nitrogens with zero attached hydrogens (tertiary/aromatic N) is 3. The summed E-state index contributed by atoms with van der Waals surface area (Å²) in [5, 5.41) is 7.78. The first-order chi connectivity index (χ1) is 10.3. The van der Waals surface area contributed by atoms with Gasteiger partial charge in [-0.2, -0.15) is 5.10 Å². The Hall–Kier alpha value is -2.46. The molecule has 0 saturated carbocycles. The fraction of sp³-hybridized carbons (Fsp3) is 0.176. The van der Waals surface area contributed by atoms with Crippen molar-refractivity contribution in [1.82, 2.24) is 20.1 Å². The molecule has 106 valence electrons. The average molecular weight is 278 g/mol. The van der Waals surface area contributed by atoms with E-state index in [1.54, 1.807) is 0 Å². The highest BCUT2D eigenvalue weighted by atomic mass is 15.3. The number of para-hydroxylation sites is 1. The highest BCUT2D eigenvalue weighted by molar-refractivity contribution is 5.34. The molecular formula is C17H18N4. The molecule has 0 aliphatic heterocycles. The number of pyridine rings is 1. The number of aromatic nitrogens is 3. The summed E-state index contributed by atoms with van der Waals surface area (Å²) in [4.78, 5) is 4.37. The van der Waals surface area contributed by atoms with E-state index < -0.39 is 0 Å². The van der Waals surface area contributed by atoms with E-state index in [1.807, 2.05) is 67.4 Å². The van der Waals surface area contributed by atoms with Gasteiger partial charge in [-0.15, -0.1) is 0 Å². The maximum atomic E-state index is 4.45. The quantitative estimate of drug-likeness (QED) is 0.798. The lowest BCUT2D eigenvalue weighted by Crippen LogP contribution is -2.17. The first-order valence-corrected chi connectivity index (χ1v) is 6.98. The number of rotatable bonds is 4. The van der Waals surface area contributed by atoms with Gasteiger partial charge in [0.05, 0.1) is 17.9 Å². The van der Waals surface area contributed by atoms with Gasteiger partial charge >= 0.3 is 0 Å². The van der Waals surface area contributed by atoms with Crippen molar-refractivity contribution in [3.05, 3.63) is 77.9 Å². The highest BCUT2D eigenvalue weighted by Crippen LogP contribution is 2.21. The number of hydrogen-bond acceptors (Lipinski definition) is 3. The average Bonchev–Trinajstić information content (AvgIpc) is 3.00. The van der Waals surface area contributed by atoms with Gasteiger partial charge in [-0.3, -0.25) is 4.98 Å². The third kappa shape index (κ3) is 2.85. The van der Waals surface area contributed by atoms with Crippen molar-refractivity contribution in [2.24, 2.45) is 0 Å². The summed E-state index contributed by atoms with van der Waals surface area (Å²) in [7, 11) is 1.95. The molecule has 0 saturated heterocycles. The second kappa shape index (κ2) is 5.89. The highest BCUT2D eigenvalue weighted by Gasteiger charge is 2.14. The van der Waals surface area contributed by atoms with E-state index in [0.29, 0.717) is 0 Å². The van der Waals surface area contributed by atoms with Crippen LogP contribution >= 0.6 is 0 Å². The fourth-order valence-electron chi connectivity index (χ4n) is 2.38. The minimum Gasteiger partial charge on any atom is -0.309 e. The second-order valence-corrected chi connectivity index (χ2v) is 5.01. The Morgan fingerprint density at radius 2 is 1.81 bits per heavy atom. The molecule has 2 heterocycles. The van der Waals surface area contributed by atoms with Crippen LogP contribution in [0.2, 0.25) is 0 Å². The maximum absolute atomic E-state index is 4.45. The molecule has 0 fully saturated rings. The van der Waals surface area contributed by atoms with E-state index >= 15 is 0 Å². The van der Waals surface area contributed by atoms with Crippen LogP contribution in [0.5, 0.6) is 0 Å². The molecule has 0 bridgehead atoms. The molecule has 1 unspecified atom stereocenters. The van der Waals surface area contributed by atoms with Crippen LogP contribution in [0.15, 0.2) is 61.1 Å². The predicted octanol–water partition coefficient (Wildman–Crippen LogP) is 2.88. The Morgan fingerprint density at radius 1 is 1.00 bits per heavy atom. The summed E-state index contributed by atoms with van der Waals surface area (Å²) >= 11 is 0. The smallest absolute Gasteiger partial charge is 0.0645 e. The number of hydrogen-bond donors (Lipinski definition) is 1. The van der Waals surface area contributed by atoms with Crippen LogP contribution in [0.1, 0.15) is 22.9 Å². The Labute approximate surface area is 124 Å². The molecule has 0 aliphatic carbocycles. The van der Waals surface area contributed by atoms with E-state index in [0.717, 1.165) is 22.5 Å². The van der Waals surface area contributed by atoms with Crippen molar-refractivity contribution in [1.29, 1.82) is 0 Å². The predicted molar refractivity (Wildman–Crippen MR) is 83.4 cm³/mol. The van der Waals surface area contributed by atoms with Crippen molar-refractivity contribution in [2.75, 3.05) is 7.05 Å². The van der Waals surface area contributed by atoms with Gasteiger partial charge in [-0.1, -0.05) is 24.3 Å². The van der Waals surface area contributed by atoms with Gasteiger partial charge in [0.2, 0.25) is 0 Å². The van der Waals surface area contributed by atoms with Crippen LogP contribution in [0.4, 0.5) is 0 Å². The van der Waals surface area contributed by atoms with Crippen LogP contribution in [0.25, 0.3) is 5.69 Å². The molecule has 3 rings (SSSR count). The molecule has 0 amide bonds. The monoisotopic (exact) mass is 278 g/mol. The lowest BCUT2D eigenvalue weighted by Gasteiger charge is -2.14. The van der Waals surface area contributed by atoms with Gasteiger partial charge in [0.1, 0.15) is 0 Å². The van der Waals surface area contributed by atoms with E-state index in [-0.39, 0.29) is 6.04 Å². The Morgan fingerprint density at radius 3 is 2.48 bits per heavy atom. The van der Waals surface area contributed by atoms with E-state index in [4.69, 9.17) is 0 Å². The van der Waals surface area contributed by atoms with E-state index in [9.17, 15) is 0 Å². The molecule has 0 aliphatic rings. The minimum absolute atomic E-state index is 0.0931. The van der Waals surface area contributed by atoms with Crippen molar-refractivity contribution >= 4 is 0 Å².